The van der Waals surface area contributed by atoms with Crippen LogP contribution in [0.1, 0.15) is 21.5 Å². The molecule has 8 nitrogen and oxygen atoms in total. The molecule has 0 radical (unpaired) electrons. The summed E-state index contributed by atoms with van der Waals surface area (Å²) in [6.45, 7) is 1.62. The number of benzene rings is 2. The van der Waals surface area contributed by atoms with Gasteiger partial charge in [0.2, 0.25) is 5.95 Å². The highest BCUT2D eigenvalue weighted by Gasteiger charge is 2.27. The zero-order chi connectivity index (χ0) is 20.0. The van der Waals surface area contributed by atoms with Crippen LogP contribution in [-0.2, 0) is 4.74 Å². The van der Waals surface area contributed by atoms with Gasteiger partial charge in [-0.05, 0) is 19.2 Å². The number of ether oxygens (including phenoxy) is 1. The summed E-state index contributed by atoms with van der Waals surface area (Å²) < 4.78 is 5.32. The highest BCUT2D eigenvalue weighted by Crippen LogP contribution is 2.23. The van der Waals surface area contributed by atoms with Crippen LogP contribution in [-0.4, -0.2) is 65.2 Å². The lowest BCUT2D eigenvalue weighted by atomic mass is 9.92. The number of likely N-dealkylation sites (tertiary alicyclic amines) is 1. The Morgan fingerprint density at radius 2 is 2.00 bits per heavy atom. The number of carbonyl (C=O) groups excluding carboxylic acids is 2. The van der Waals surface area contributed by atoms with Crippen molar-refractivity contribution in [3.63, 3.8) is 0 Å². The molecular formula is C21H19N5O3. The van der Waals surface area contributed by atoms with Crippen molar-refractivity contribution in [3.8, 4) is 0 Å². The van der Waals surface area contributed by atoms with E-state index in [4.69, 9.17) is 4.74 Å². The molecule has 1 saturated heterocycles. The van der Waals surface area contributed by atoms with E-state index < -0.39 is 6.09 Å². The maximum Gasteiger partial charge on any atom is 0.414 e. The summed E-state index contributed by atoms with van der Waals surface area (Å²) in [5.74, 6) is 0.352. The van der Waals surface area contributed by atoms with E-state index in [1.807, 2.05) is 49.5 Å². The quantitative estimate of drug-likeness (QED) is 0.717. The molecule has 8 heteroatoms. The van der Waals surface area contributed by atoms with Gasteiger partial charge in [-0.2, -0.15) is 0 Å². The van der Waals surface area contributed by atoms with Crippen molar-refractivity contribution < 1.29 is 14.3 Å². The van der Waals surface area contributed by atoms with Gasteiger partial charge in [0.1, 0.15) is 12.6 Å². The zero-order valence-corrected chi connectivity index (χ0v) is 15.8. The topological polar surface area (TPSA) is 99.7 Å². The van der Waals surface area contributed by atoms with Crippen LogP contribution in [0.4, 0.5) is 10.7 Å². The lowest BCUT2D eigenvalue weighted by Gasteiger charge is -2.34. The number of nitrogens with one attached hydrogen (secondary N) is 2. The molecule has 29 heavy (non-hydrogen) atoms. The summed E-state index contributed by atoms with van der Waals surface area (Å²) in [4.78, 5) is 38.2. The number of anilines is 1. The maximum absolute atomic E-state index is 12.1. The van der Waals surface area contributed by atoms with E-state index in [0.29, 0.717) is 17.0 Å². The van der Waals surface area contributed by atoms with E-state index in [9.17, 15) is 9.59 Å². The van der Waals surface area contributed by atoms with Gasteiger partial charge in [0, 0.05) is 29.8 Å². The number of aliphatic imine (C=N–C) groups is 1. The molecule has 0 spiro atoms. The van der Waals surface area contributed by atoms with Crippen LogP contribution in [0.25, 0.3) is 11.0 Å². The third-order valence-electron chi connectivity index (χ3n) is 5.14. The molecule has 146 valence electrons. The highest BCUT2D eigenvalue weighted by atomic mass is 16.6. The van der Waals surface area contributed by atoms with Crippen LogP contribution in [0.3, 0.4) is 0 Å². The van der Waals surface area contributed by atoms with Crippen LogP contribution in [0.2, 0.25) is 0 Å². The molecule has 1 amide bonds. The zero-order valence-electron chi connectivity index (χ0n) is 15.8. The number of carbonyl (C=O) groups is 2. The summed E-state index contributed by atoms with van der Waals surface area (Å²) in [5, 5.41) is 2.64. The minimum Gasteiger partial charge on any atom is -0.443 e. The third-order valence-corrected chi connectivity index (χ3v) is 5.14. The van der Waals surface area contributed by atoms with Gasteiger partial charge in [-0.1, -0.05) is 30.3 Å². The number of H-pyrrole nitrogens is 1. The van der Waals surface area contributed by atoms with Gasteiger partial charge in [-0.3, -0.25) is 20.0 Å². The number of aromatic nitrogens is 2. The number of nitrogens with zero attached hydrogens (tertiary/aromatic N) is 3. The van der Waals surface area contributed by atoms with Gasteiger partial charge in [-0.25, -0.2) is 9.78 Å². The van der Waals surface area contributed by atoms with E-state index in [2.05, 4.69) is 25.2 Å². The van der Waals surface area contributed by atoms with Gasteiger partial charge in [0.05, 0.1) is 16.7 Å². The lowest BCUT2D eigenvalue weighted by Crippen LogP contribution is -2.50. The average Bonchev–Trinajstić information content (AvgIpc) is 3.08. The van der Waals surface area contributed by atoms with E-state index in [1.165, 1.54) is 0 Å². The van der Waals surface area contributed by atoms with Crippen LogP contribution < -0.4 is 5.32 Å². The number of fused-ring (bicyclic) bond motifs is 2. The number of imidazole rings is 1. The molecule has 1 aromatic heterocycles. The van der Waals surface area contributed by atoms with Crippen LogP contribution >= 0.6 is 0 Å². The van der Waals surface area contributed by atoms with Crippen LogP contribution in [0.15, 0.2) is 47.5 Å². The third kappa shape index (κ3) is 3.27. The predicted molar refractivity (Wildman–Crippen MR) is 109 cm³/mol. The molecule has 3 aromatic rings. The monoisotopic (exact) mass is 389 g/mol. The number of ketones is 1. The number of hydrogen-bond acceptors (Lipinski definition) is 6. The minimum absolute atomic E-state index is 0.0228. The normalized spacial score (nSPS) is 16.9. The number of Topliss-reactive ketones (excluding diaryl/α,β-unsaturated/α-hetero) is 1. The van der Waals surface area contributed by atoms with Gasteiger partial charge < -0.3 is 9.72 Å². The number of rotatable bonds is 3. The largest absolute Gasteiger partial charge is 0.443 e. The van der Waals surface area contributed by atoms with Crippen molar-refractivity contribution in [3.05, 3.63) is 59.2 Å². The van der Waals surface area contributed by atoms with Gasteiger partial charge in [0.25, 0.3) is 0 Å². The standard InChI is InChI=1S/C21H19N5O3/c1-26-10-13(11-26)29-21(28)25-20-23-16-7-6-12(8-17(16)24-20)19-15-5-3-2-4-14(15)18(27)9-22-19/h2-8,13H,9-11H2,1H3,(H2,23,24,25,28). The van der Waals surface area contributed by atoms with Gasteiger partial charge in [-0.15, -0.1) is 0 Å². The number of likely N-dealkylation sites (N-methyl/N-ethyl adjacent to an activating group) is 1. The first-order chi connectivity index (χ1) is 14.1. The molecule has 5 rings (SSSR count). The molecular weight excluding hydrogens is 370 g/mol. The van der Waals surface area contributed by atoms with Crippen LogP contribution in [0, 0.1) is 0 Å². The lowest BCUT2D eigenvalue weighted by molar-refractivity contribution is 0.00676. The van der Waals surface area contributed by atoms with E-state index >= 15 is 0 Å². The molecule has 2 aromatic carbocycles. The number of hydrogen-bond donors (Lipinski definition) is 2. The molecule has 0 saturated carbocycles. The first kappa shape index (κ1) is 17.6. The second-order valence-corrected chi connectivity index (χ2v) is 7.32. The Kier molecular flexibility index (Phi) is 4.13. The number of amides is 1. The average molecular weight is 389 g/mol. The van der Waals surface area contributed by atoms with Crippen molar-refractivity contribution in [2.24, 2.45) is 4.99 Å². The molecule has 2 aliphatic heterocycles. The molecule has 0 aliphatic carbocycles. The summed E-state index contributed by atoms with van der Waals surface area (Å²) in [6.07, 6.45) is -0.602. The predicted octanol–water partition coefficient (Wildman–Crippen LogP) is 2.46. The van der Waals surface area contributed by atoms with E-state index in [-0.39, 0.29) is 18.4 Å². The minimum atomic E-state index is -0.522. The molecule has 0 unspecified atom stereocenters. The van der Waals surface area contributed by atoms with Crippen molar-refractivity contribution in [1.29, 1.82) is 0 Å². The Bertz CT molecular complexity index is 1160. The van der Waals surface area contributed by atoms with Crippen molar-refractivity contribution in [2.45, 2.75) is 6.10 Å². The molecule has 0 atom stereocenters. The summed E-state index contributed by atoms with van der Waals surface area (Å²) >= 11 is 0. The molecule has 2 aliphatic rings. The number of aromatic amines is 1. The van der Waals surface area contributed by atoms with E-state index in [0.717, 1.165) is 35.4 Å². The second-order valence-electron chi connectivity index (χ2n) is 7.32. The Morgan fingerprint density at radius 3 is 2.79 bits per heavy atom. The Morgan fingerprint density at radius 1 is 1.21 bits per heavy atom. The Balaban J connectivity index is 1.39. The van der Waals surface area contributed by atoms with Crippen molar-refractivity contribution >= 4 is 34.6 Å². The molecule has 1 fully saturated rings. The van der Waals surface area contributed by atoms with Crippen molar-refractivity contribution in [2.75, 3.05) is 32.0 Å². The maximum atomic E-state index is 12.1. The fraction of sp³-hybridized carbons (Fsp3) is 0.238. The fourth-order valence-corrected chi connectivity index (χ4v) is 3.71. The van der Waals surface area contributed by atoms with Crippen LogP contribution in [0.5, 0.6) is 0 Å². The molecule has 3 heterocycles. The Hall–Kier alpha value is -3.52. The molecule has 2 N–H and O–H groups in total. The SMILES string of the molecule is CN1CC(OC(=O)Nc2nc3ccc(C4=NCC(=O)c5ccccc54)cc3[nH]2)C1. The van der Waals surface area contributed by atoms with E-state index in [1.54, 1.807) is 0 Å². The molecule has 0 bridgehead atoms. The summed E-state index contributed by atoms with van der Waals surface area (Å²) in [7, 11) is 1.97. The first-order valence-electron chi connectivity index (χ1n) is 9.40. The van der Waals surface area contributed by atoms with Crippen molar-refractivity contribution in [1.82, 2.24) is 14.9 Å². The smallest absolute Gasteiger partial charge is 0.414 e. The van der Waals surface area contributed by atoms with Gasteiger partial charge >= 0.3 is 6.09 Å². The van der Waals surface area contributed by atoms with Gasteiger partial charge in [0.15, 0.2) is 5.78 Å². The summed E-state index contributed by atoms with van der Waals surface area (Å²) in [6, 6.07) is 13.2. The fourth-order valence-electron chi connectivity index (χ4n) is 3.71. The summed E-state index contributed by atoms with van der Waals surface area (Å²) in [5.41, 5.74) is 4.66. The first-order valence-corrected chi connectivity index (χ1v) is 9.40. The highest BCUT2D eigenvalue weighted by molar-refractivity contribution is 6.22. The Labute approximate surface area is 166 Å². The second kappa shape index (κ2) is 6.82.